The molecule has 0 aliphatic heterocycles. The van der Waals surface area contributed by atoms with Gasteiger partial charge in [-0.2, -0.15) is 4.98 Å². The molecule has 0 aliphatic rings. The van der Waals surface area contributed by atoms with Gasteiger partial charge in [-0.25, -0.2) is 9.37 Å². The van der Waals surface area contributed by atoms with Gasteiger partial charge in [-0.3, -0.25) is 0 Å². The second-order valence-corrected chi connectivity index (χ2v) is 4.44. The largest absolute Gasteiger partial charge is 0.354 e. The first kappa shape index (κ1) is 13.5. The monoisotopic (exact) mass is 280 g/mol. The Bertz CT molecular complexity index is 589. The minimum absolute atomic E-state index is 0.327. The molecule has 0 saturated heterocycles. The molecule has 4 nitrogen and oxygen atoms in total. The van der Waals surface area contributed by atoms with Crippen molar-refractivity contribution in [3.8, 4) is 0 Å². The summed E-state index contributed by atoms with van der Waals surface area (Å²) in [6, 6.07) is 4.45. The van der Waals surface area contributed by atoms with Gasteiger partial charge < -0.3 is 10.6 Å². The third-order valence-electron chi connectivity index (χ3n) is 2.49. The van der Waals surface area contributed by atoms with Crippen LogP contribution in [0.5, 0.6) is 0 Å². The van der Waals surface area contributed by atoms with Gasteiger partial charge in [-0.1, -0.05) is 11.6 Å². The molecule has 0 atom stereocenters. The molecule has 0 saturated carbocycles. The molecule has 1 aromatic carbocycles. The molecule has 1 heterocycles. The molecule has 0 aliphatic carbocycles. The molecular weight excluding hydrogens is 267 g/mol. The number of halogens is 2. The van der Waals surface area contributed by atoms with E-state index in [2.05, 4.69) is 20.6 Å². The first-order valence-electron chi connectivity index (χ1n) is 5.89. The Kier molecular flexibility index (Phi) is 4.16. The van der Waals surface area contributed by atoms with Crippen LogP contribution >= 0.6 is 11.6 Å². The van der Waals surface area contributed by atoms with E-state index in [0.29, 0.717) is 22.5 Å². The average molecular weight is 281 g/mol. The maximum absolute atomic E-state index is 13.7. The van der Waals surface area contributed by atoms with Crippen molar-refractivity contribution in [3.05, 3.63) is 40.8 Å². The van der Waals surface area contributed by atoms with Crippen molar-refractivity contribution >= 4 is 29.1 Å². The number of benzene rings is 1. The zero-order valence-corrected chi connectivity index (χ0v) is 11.4. The molecule has 2 rings (SSSR count). The highest BCUT2D eigenvalue weighted by molar-refractivity contribution is 6.30. The van der Waals surface area contributed by atoms with Crippen LogP contribution in [0.4, 0.5) is 21.8 Å². The summed E-state index contributed by atoms with van der Waals surface area (Å²) >= 11 is 5.71. The molecule has 19 heavy (non-hydrogen) atoms. The van der Waals surface area contributed by atoms with Gasteiger partial charge >= 0.3 is 0 Å². The van der Waals surface area contributed by atoms with E-state index in [1.807, 2.05) is 13.8 Å². The van der Waals surface area contributed by atoms with Gasteiger partial charge in [0.05, 0.1) is 5.69 Å². The second-order valence-electron chi connectivity index (χ2n) is 4.00. The van der Waals surface area contributed by atoms with Crippen molar-refractivity contribution in [2.75, 3.05) is 17.2 Å². The summed E-state index contributed by atoms with van der Waals surface area (Å²) in [5.41, 5.74) is 1.16. The van der Waals surface area contributed by atoms with Crippen molar-refractivity contribution in [1.29, 1.82) is 0 Å². The summed E-state index contributed by atoms with van der Waals surface area (Å²) in [7, 11) is 0. The van der Waals surface area contributed by atoms with Gasteiger partial charge in [0, 0.05) is 23.3 Å². The van der Waals surface area contributed by atoms with E-state index in [0.717, 1.165) is 12.1 Å². The summed E-state index contributed by atoms with van der Waals surface area (Å²) in [5.74, 6) is 0.646. The Morgan fingerprint density at radius 3 is 2.84 bits per heavy atom. The average Bonchev–Trinajstić information content (AvgIpc) is 2.37. The fourth-order valence-corrected chi connectivity index (χ4v) is 1.69. The van der Waals surface area contributed by atoms with Crippen LogP contribution in [0, 0.1) is 12.7 Å². The first-order valence-corrected chi connectivity index (χ1v) is 6.27. The molecule has 0 bridgehead atoms. The minimum atomic E-state index is -0.421. The van der Waals surface area contributed by atoms with Crippen LogP contribution in [0.2, 0.25) is 5.02 Å². The molecule has 2 aromatic rings. The normalized spacial score (nSPS) is 10.3. The van der Waals surface area contributed by atoms with Gasteiger partial charge in [0.2, 0.25) is 5.95 Å². The zero-order valence-electron chi connectivity index (χ0n) is 10.7. The molecule has 0 amide bonds. The number of hydrogen-bond acceptors (Lipinski definition) is 4. The Balaban J connectivity index is 2.29. The maximum Gasteiger partial charge on any atom is 0.224 e. The van der Waals surface area contributed by atoms with E-state index in [4.69, 9.17) is 11.6 Å². The second kappa shape index (κ2) is 5.84. The molecule has 0 spiro atoms. The summed E-state index contributed by atoms with van der Waals surface area (Å²) in [5, 5.41) is 6.31. The van der Waals surface area contributed by atoms with E-state index in [-0.39, 0.29) is 0 Å². The van der Waals surface area contributed by atoms with Crippen molar-refractivity contribution in [2.45, 2.75) is 13.8 Å². The Morgan fingerprint density at radius 2 is 2.16 bits per heavy atom. The van der Waals surface area contributed by atoms with E-state index in [9.17, 15) is 4.39 Å². The first-order chi connectivity index (χ1) is 9.10. The Morgan fingerprint density at radius 1 is 1.37 bits per heavy atom. The number of anilines is 3. The highest BCUT2D eigenvalue weighted by atomic mass is 35.5. The third kappa shape index (κ3) is 3.32. The zero-order chi connectivity index (χ0) is 13.8. The lowest BCUT2D eigenvalue weighted by molar-refractivity contribution is 0.632. The minimum Gasteiger partial charge on any atom is -0.354 e. The Hall–Kier alpha value is -1.88. The lowest BCUT2D eigenvalue weighted by Gasteiger charge is -2.11. The number of aryl methyl sites for hydroxylation is 1. The molecule has 1 aromatic heterocycles. The van der Waals surface area contributed by atoms with Crippen LogP contribution in [0.15, 0.2) is 24.4 Å². The van der Waals surface area contributed by atoms with Gasteiger partial charge in [0.15, 0.2) is 0 Å². The van der Waals surface area contributed by atoms with Crippen LogP contribution in [0.25, 0.3) is 0 Å². The van der Waals surface area contributed by atoms with Gasteiger partial charge in [0.1, 0.15) is 11.6 Å². The number of hydrogen-bond donors (Lipinski definition) is 2. The fourth-order valence-electron chi connectivity index (χ4n) is 1.53. The SMILES string of the molecule is CCNc1ncc(C)c(Nc2ccc(Cl)cc2F)n1. The van der Waals surface area contributed by atoms with E-state index in [1.165, 1.54) is 6.07 Å². The number of nitrogens with one attached hydrogen (secondary N) is 2. The van der Waals surface area contributed by atoms with Crippen LogP contribution < -0.4 is 10.6 Å². The molecule has 0 fully saturated rings. The number of aromatic nitrogens is 2. The smallest absolute Gasteiger partial charge is 0.224 e. The number of rotatable bonds is 4. The van der Waals surface area contributed by atoms with Crippen LogP contribution in [0.1, 0.15) is 12.5 Å². The van der Waals surface area contributed by atoms with Crippen molar-refractivity contribution in [3.63, 3.8) is 0 Å². The lowest BCUT2D eigenvalue weighted by Crippen LogP contribution is -2.06. The predicted molar refractivity (Wildman–Crippen MR) is 75.6 cm³/mol. The summed E-state index contributed by atoms with van der Waals surface area (Å²) in [4.78, 5) is 8.42. The van der Waals surface area contributed by atoms with Crippen molar-refractivity contribution < 1.29 is 4.39 Å². The summed E-state index contributed by atoms with van der Waals surface area (Å²) < 4.78 is 13.7. The summed E-state index contributed by atoms with van der Waals surface area (Å²) in [6.07, 6.45) is 1.68. The molecule has 6 heteroatoms. The topological polar surface area (TPSA) is 49.8 Å². The Labute approximate surface area is 116 Å². The van der Waals surface area contributed by atoms with Gasteiger partial charge in [-0.05, 0) is 32.0 Å². The molecule has 0 unspecified atom stereocenters. The number of nitrogens with zero attached hydrogens (tertiary/aromatic N) is 2. The fraction of sp³-hybridized carbons (Fsp3) is 0.231. The quantitative estimate of drug-likeness (QED) is 0.895. The van der Waals surface area contributed by atoms with Crippen LogP contribution in [-0.4, -0.2) is 16.5 Å². The predicted octanol–water partition coefficient (Wildman–Crippen LogP) is 3.75. The highest BCUT2D eigenvalue weighted by Crippen LogP contribution is 2.24. The standard InChI is InChI=1S/C13H14ClFN4/c1-3-16-13-17-7-8(2)12(19-13)18-11-5-4-9(14)6-10(11)15/h4-7H,3H2,1-2H3,(H2,16,17,18,19). The van der Waals surface area contributed by atoms with E-state index in [1.54, 1.807) is 18.3 Å². The summed E-state index contributed by atoms with van der Waals surface area (Å²) in [6.45, 7) is 4.53. The van der Waals surface area contributed by atoms with Gasteiger partial charge in [0.25, 0.3) is 0 Å². The maximum atomic E-state index is 13.7. The molecule has 100 valence electrons. The van der Waals surface area contributed by atoms with Crippen LogP contribution in [0.3, 0.4) is 0 Å². The van der Waals surface area contributed by atoms with Crippen molar-refractivity contribution in [2.24, 2.45) is 0 Å². The molecule has 2 N–H and O–H groups in total. The van der Waals surface area contributed by atoms with Crippen LogP contribution in [-0.2, 0) is 0 Å². The van der Waals surface area contributed by atoms with Gasteiger partial charge in [-0.15, -0.1) is 0 Å². The third-order valence-corrected chi connectivity index (χ3v) is 2.73. The lowest BCUT2D eigenvalue weighted by atomic mass is 10.3. The van der Waals surface area contributed by atoms with E-state index < -0.39 is 5.82 Å². The molecule has 0 radical (unpaired) electrons. The molecular formula is C13H14ClFN4. The van der Waals surface area contributed by atoms with E-state index >= 15 is 0 Å². The van der Waals surface area contributed by atoms with Crippen molar-refractivity contribution in [1.82, 2.24) is 9.97 Å². The highest BCUT2D eigenvalue weighted by Gasteiger charge is 2.07.